The highest BCUT2D eigenvalue weighted by molar-refractivity contribution is 7.89. The van der Waals surface area contributed by atoms with Crippen LogP contribution >= 0.6 is 0 Å². The van der Waals surface area contributed by atoms with E-state index >= 15 is 0 Å². The maximum atomic E-state index is 12.5. The zero-order valence-corrected chi connectivity index (χ0v) is 18.0. The highest BCUT2D eigenvalue weighted by Crippen LogP contribution is 2.20. The van der Waals surface area contributed by atoms with Crippen LogP contribution < -0.4 is 10.0 Å². The van der Waals surface area contributed by atoms with Gasteiger partial charge in [0.05, 0.1) is 16.0 Å². The lowest BCUT2D eigenvalue weighted by atomic mass is 10.1. The Bertz CT molecular complexity index is 1060. The fourth-order valence-corrected chi connectivity index (χ4v) is 5.02. The monoisotopic (exact) mass is 442 g/mol. The van der Waals surface area contributed by atoms with E-state index in [9.17, 15) is 18.0 Å². The number of nitrogens with one attached hydrogen (secondary N) is 2. The number of sulfonamides is 1. The summed E-state index contributed by atoms with van der Waals surface area (Å²) in [6.07, 6.45) is 0.696. The molecule has 0 aliphatic carbocycles. The molecule has 2 aliphatic rings. The molecule has 2 heterocycles. The minimum atomic E-state index is -3.74. The van der Waals surface area contributed by atoms with Crippen LogP contribution in [0, 0.1) is 0 Å². The minimum absolute atomic E-state index is 0.00868. The quantitative estimate of drug-likeness (QED) is 0.469. The summed E-state index contributed by atoms with van der Waals surface area (Å²) in [7, 11) is -3.74. The van der Waals surface area contributed by atoms with Crippen LogP contribution in [0.15, 0.2) is 53.4 Å². The van der Waals surface area contributed by atoms with E-state index in [0.29, 0.717) is 13.0 Å². The molecular weight excluding hydrogens is 416 g/mol. The van der Waals surface area contributed by atoms with Gasteiger partial charge in [-0.05, 0) is 36.7 Å². The predicted octanol–water partition coefficient (Wildman–Crippen LogP) is 1.06. The highest BCUT2D eigenvalue weighted by atomic mass is 32.2. The van der Waals surface area contributed by atoms with E-state index in [1.807, 2.05) is 6.07 Å². The zero-order chi connectivity index (χ0) is 21.8. The van der Waals surface area contributed by atoms with Gasteiger partial charge in [-0.2, -0.15) is 0 Å². The van der Waals surface area contributed by atoms with Crippen LogP contribution in [0.1, 0.15) is 32.7 Å². The number of nitrogens with zero attached hydrogens (tertiary/aromatic N) is 2. The molecule has 2 aromatic rings. The first-order chi connectivity index (χ1) is 14.9. The van der Waals surface area contributed by atoms with Gasteiger partial charge in [0.15, 0.2) is 0 Å². The lowest BCUT2D eigenvalue weighted by molar-refractivity contribution is 0.0879. The third kappa shape index (κ3) is 5.19. The van der Waals surface area contributed by atoms with Crippen molar-refractivity contribution < 1.29 is 18.0 Å². The van der Waals surface area contributed by atoms with Gasteiger partial charge < -0.3 is 4.90 Å². The van der Waals surface area contributed by atoms with Gasteiger partial charge in [-0.1, -0.05) is 30.3 Å². The predicted molar refractivity (Wildman–Crippen MR) is 116 cm³/mol. The van der Waals surface area contributed by atoms with E-state index in [1.54, 1.807) is 0 Å². The Balaban J connectivity index is 1.21. The molecule has 4 rings (SSSR count). The fraction of sp³-hybridized carbons (Fsp3) is 0.364. The fourth-order valence-electron chi connectivity index (χ4n) is 3.92. The number of imide groups is 1. The van der Waals surface area contributed by atoms with Crippen molar-refractivity contribution in [2.45, 2.75) is 17.9 Å². The van der Waals surface area contributed by atoms with Gasteiger partial charge in [-0.25, -0.2) is 13.1 Å². The maximum Gasteiger partial charge on any atom is 0.258 e. The number of fused-ring (bicyclic) bond motifs is 1. The van der Waals surface area contributed by atoms with Gasteiger partial charge >= 0.3 is 0 Å². The van der Waals surface area contributed by atoms with Crippen LogP contribution in [-0.4, -0.2) is 69.3 Å². The summed E-state index contributed by atoms with van der Waals surface area (Å²) in [5.41, 5.74) is 1.62. The van der Waals surface area contributed by atoms with Crippen LogP contribution in [0.5, 0.6) is 0 Å². The normalized spacial score (nSPS) is 17.5. The molecule has 0 saturated carbocycles. The van der Waals surface area contributed by atoms with Crippen LogP contribution in [-0.2, 0) is 16.6 Å². The zero-order valence-electron chi connectivity index (χ0n) is 17.2. The molecule has 0 bridgehead atoms. The molecule has 164 valence electrons. The third-order valence-corrected chi connectivity index (χ3v) is 7.13. The molecule has 9 heteroatoms. The standard InChI is InChI=1S/C22H26N4O4S/c27-21-19-8-7-18(15-20(19)22(28)24-21)31(29,30)23-9-4-10-25-11-13-26(14-12-25)16-17-5-2-1-3-6-17/h1-3,5-8,15,23H,4,9-14,16H2,(H,24,27,28). The summed E-state index contributed by atoms with van der Waals surface area (Å²) < 4.78 is 27.7. The number of piperazine rings is 1. The average molecular weight is 443 g/mol. The van der Waals surface area contributed by atoms with Gasteiger partial charge in [-0.3, -0.25) is 19.8 Å². The van der Waals surface area contributed by atoms with Gasteiger partial charge in [0.25, 0.3) is 11.8 Å². The lowest BCUT2D eigenvalue weighted by Gasteiger charge is -2.34. The highest BCUT2D eigenvalue weighted by Gasteiger charge is 2.28. The molecule has 0 aromatic heterocycles. The van der Waals surface area contributed by atoms with Gasteiger partial charge in [-0.15, -0.1) is 0 Å². The summed E-state index contributed by atoms with van der Waals surface area (Å²) in [5, 5.41) is 2.16. The first-order valence-electron chi connectivity index (χ1n) is 10.4. The number of amides is 2. The molecule has 8 nitrogen and oxygen atoms in total. The largest absolute Gasteiger partial charge is 0.301 e. The molecule has 0 unspecified atom stereocenters. The minimum Gasteiger partial charge on any atom is -0.301 e. The molecule has 2 aromatic carbocycles. The molecule has 2 N–H and O–H groups in total. The molecule has 0 atom stereocenters. The third-order valence-electron chi connectivity index (χ3n) is 5.67. The Labute approximate surface area is 182 Å². The molecule has 0 spiro atoms. The van der Waals surface area contributed by atoms with E-state index in [1.165, 1.54) is 23.8 Å². The lowest BCUT2D eigenvalue weighted by Crippen LogP contribution is -2.46. The van der Waals surface area contributed by atoms with Crippen molar-refractivity contribution in [2.75, 3.05) is 39.3 Å². The number of hydrogen-bond acceptors (Lipinski definition) is 6. The Kier molecular flexibility index (Phi) is 6.47. The number of hydrogen-bond donors (Lipinski definition) is 2. The van der Waals surface area contributed by atoms with E-state index < -0.39 is 21.8 Å². The second-order valence-corrected chi connectivity index (χ2v) is 9.61. The Morgan fingerprint density at radius 1 is 0.871 bits per heavy atom. The van der Waals surface area contributed by atoms with Gasteiger partial charge in [0.2, 0.25) is 10.0 Å². The van der Waals surface area contributed by atoms with Crippen molar-refractivity contribution in [2.24, 2.45) is 0 Å². The molecule has 2 amide bonds. The number of carbonyl (C=O) groups excluding carboxylic acids is 2. The number of carbonyl (C=O) groups is 2. The topological polar surface area (TPSA) is 98.8 Å². The van der Waals surface area contributed by atoms with Crippen molar-refractivity contribution >= 4 is 21.8 Å². The maximum absolute atomic E-state index is 12.5. The van der Waals surface area contributed by atoms with Crippen LogP contribution in [0.25, 0.3) is 0 Å². The Morgan fingerprint density at radius 3 is 2.29 bits per heavy atom. The number of rotatable bonds is 8. The van der Waals surface area contributed by atoms with Crippen molar-refractivity contribution in [3.8, 4) is 0 Å². The second-order valence-electron chi connectivity index (χ2n) is 7.85. The number of benzene rings is 2. The average Bonchev–Trinajstić information content (AvgIpc) is 3.06. The summed E-state index contributed by atoms with van der Waals surface area (Å²) in [5.74, 6) is -1.07. The van der Waals surface area contributed by atoms with Crippen molar-refractivity contribution in [3.05, 3.63) is 65.2 Å². The van der Waals surface area contributed by atoms with Gasteiger partial charge in [0.1, 0.15) is 0 Å². The van der Waals surface area contributed by atoms with Crippen LogP contribution in [0.2, 0.25) is 0 Å². The molecule has 0 radical (unpaired) electrons. The second kappa shape index (κ2) is 9.27. The molecule has 1 saturated heterocycles. The SMILES string of the molecule is O=C1NC(=O)c2cc(S(=O)(=O)NCCCN3CCN(Cc4ccccc4)CC3)ccc21. The Morgan fingerprint density at radius 2 is 1.55 bits per heavy atom. The summed E-state index contributed by atoms with van der Waals surface area (Å²) in [6, 6.07) is 14.4. The first-order valence-corrected chi connectivity index (χ1v) is 11.9. The smallest absolute Gasteiger partial charge is 0.258 e. The first kappa shape index (κ1) is 21.6. The van der Waals surface area contributed by atoms with Crippen LogP contribution in [0.4, 0.5) is 0 Å². The van der Waals surface area contributed by atoms with E-state index in [0.717, 1.165) is 39.3 Å². The molecular formula is C22H26N4O4S. The molecule has 2 aliphatic heterocycles. The summed E-state index contributed by atoms with van der Waals surface area (Å²) in [4.78, 5) is 28.1. The molecule has 31 heavy (non-hydrogen) atoms. The van der Waals surface area contributed by atoms with Gasteiger partial charge in [0, 0.05) is 39.3 Å². The van der Waals surface area contributed by atoms with Crippen LogP contribution in [0.3, 0.4) is 0 Å². The Hall–Kier alpha value is -2.59. The van der Waals surface area contributed by atoms with E-state index in [2.05, 4.69) is 44.1 Å². The van der Waals surface area contributed by atoms with E-state index in [-0.39, 0.29) is 16.0 Å². The molecule has 1 fully saturated rings. The van der Waals surface area contributed by atoms with Crippen molar-refractivity contribution in [1.82, 2.24) is 19.8 Å². The van der Waals surface area contributed by atoms with Crippen molar-refractivity contribution in [3.63, 3.8) is 0 Å². The summed E-state index contributed by atoms with van der Waals surface area (Å²) in [6.45, 7) is 6.02. The van der Waals surface area contributed by atoms with E-state index in [4.69, 9.17) is 0 Å². The summed E-state index contributed by atoms with van der Waals surface area (Å²) >= 11 is 0. The van der Waals surface area contributed by atoms with Crippen molar-refractivity contribution in [1.29, 1.82) is 0 Å².